The Morgan fingerprint density at radius 2 is 1.58 bits per heavy atom. The van der Waals surface area contributed by atoms with Gasteiger partial charge in [-0.25, -0.2) is 0 Å². The molecule has 1 aromatic carbocycles. The van der Waals surface area contributed by atoms with Gasteiger partial charge in [-0.15, -0.1) is 0 Å². The summed E-state index contributed by atoms with van der Waals surface area (Å²) in [5.41, 5.74) is 9.15. The van der Waals surface area contributed by atoms with Gasteiger partial charge in [0.1, 0.15) is 0 Å². The molecule has 0 radical (unpaired) electrons. The van der Waals surface area contributed by atoms with Crippen LogP contribution in [0.15, 0.2) is 35.4 Å². The molecule has 3 rings (SSSR count). The van der Waals surface area contributed by atoms with Crippen molar-refractivity contribution in [3.8, 4) is 0 Å². The highest BCUT2D eigenvalue weighted by Gasteiger charge is 2.22. The van der Waals surface area contributed by atoms with Crippen LogP contribution in [0.5, 0.6) is 0 Å². The number of allylic oxidation sites excluding steroid dienone is 4. The van der Waals surface area contributed by atoms with E-state index in [4.69, 9.17) is 0 Å². The lowest BCUT2D eigenvalue weighted by atomic mass is 9.93. The molecule has 0 unspecified atom stereocenters. The first-order valence-electron chi connectivity index (χ1n) is 7.73. The monoisotopic (exact) mass is 256 g/mol. The highest BCUT2D eigenvalue weighted by atomic mass is 14.3. The minimum absolute atomic E-state index is 1.16. The van der Waals surface area contributed by atoms with E-state index in [-0.39, 0.29) is 0 Å². The molecule has 0 heterocycles. The number of rotatable bonds is 0. The smallest absolute Gasteiger partial charge is 0.00167 e. The van der Waals surface area contributed by atoms with Crippen molar-refractivity contribution in [3.63, 3.8) is 0 Å². The fourth-order valence-electron chi connectivity index (χ4n) is 2.77. The van der Waals surface area contributed by atoms with E-state index in [1.54, 1.807) is 16.7 Å². The Bertz CT molecular complexity index is 487. The van der Waals surface area contributed by atoms with Crippen LogP contribution >= 0.6 is 0 Å². The van der Waals surface area contributed by atoms with Gasteiger partial charge in [-0.2, -0.15) is 0 Å². The van der Waals surface area contributed by atoms with Gasteiger partial charge in [-0.05, 0) is 55.4 Å². The van der Waals surface area contributed by atoms with Crippen molar-refractivity contribution in [1.29, 1.82) is 0 Å². The van der Waals surface area contributed by atoms with Gasteiger partial charge < -0.3 is 0 Å². The van der Waals surface area contributed by atoms with E-state index in [9.17, 15) is 0 Å². The molecule has 0 saturated carbocycles. The van der Waals surface area contributed by atoms with Crippen LogP contribution in [0.25, 0.3) is 5.57 Å². The Kier molecular flexibility index (Phi) is 6.08. The zero-order chi connectivity index (χ0) is 14.4. The molecule has 2 aliphatic rings. The highest BCUT2D eigenvalue weighted by Crippen LogP contribution is 2.40. The van der Waals surface area contributed by atoms with Crippen LogP contribution in [0, 0.1) is 6.92 Å². The molecule has 0 nitrogen and oxygen atoms in total. The second kappa shape index (κ2) is 7.33. The lowest BCUT2D eigenvalue weighted by Gasteiger charge is -2.12. The van der Waals surface area contributed by atoms with Crippen LogP contribution in [0.1, 0.15) is 64.2 Å². The zero-order valence-corrected chi connectivity index (χ0v) is 13.4. The first-order chi connectivity index (χ1) is 9.24. The summed E-state index contributed by atoms with van der Waals surface area (Å²) < 4.78 is 0. The second-order valence-electron chi connectivity index (χ2n) is 4.83. The van der Waals surface area contributed by atoms with Crippen molar-refractivity contribution < 1.29 is 0 Å². The van der Waals surface area contributed by atoms with Crippen molar-refractivity contribution in [2.45, 2.75) is 60.8 Å². The molecule has 0 amide bonds. The third kappa shape index (κ3) is 3.37. The molecular formula is C19H28. The number of fused-ring (bicyclic) bond motifs is 2. The maximum absolute atomic E-state index is 2.40. The van der Waals surface area contributed by atoms with Crippen LogP contribution in [0.2, 0.25) is 0 Å². The molecule has 0 heteroatoms. The fraction of sp³-hybridized carbons (Fsp3) is 0.474. The quantitative estimate of drug-likeness (QED) is 0.526. The first kappa shape index (κ1) is 15.8. The van der Waals surface area contributed by atoms with Gasteiger partial charge in [-0.3, -0.25) is 0 Å². The van der Waals surface area contributed by atoms with Crippen LogP contribution < -0.4 is 0 Å². The van der Waals surface area contributed by atoms with Gasteiger partial charge >= 0.3 is 0 Å². The molecule has 0 atom stereocenters. The van der Waals surface area contributed by atoms with E-state index in [1.807, 2.05) is 27.7 Å². The van der Waals surface area contributed by atoms with Crippen molar-refractivity contribution in [2.75, 3.05) is 0 Å². The Morgan fingerprint density at radius 3 is 2.26 bits per heavy atom. The summed E-state index contributed by atoms with van der Waals surface area (Å²) in [6.45, 7) is 12.4. The molecule has 0 saturated heterocycles. The van der Waals surface area contributed by atoms with Gasteiger partial charge in [0.25, 0.3) is 0 Å². The molecule has 2 aliphatic carbocycles. The Hall–Kier alpha value is -1.30. The van der Waals surface area contributed by atoms with Crippen LogP contribution in [-0.2, 0) is 6.42 Å². The van der Waals surface area contributed by atoms with Crippen LogP contribution in [0.4, 0.5) is 0 Å². The number of hydrogen-bond acceptors (Lipinski definition) is 0. The average Bonchev–Trinajstić information content (AvgIpc) is 2.79. The molecule has 0 aromatic heterocycles. The maximum atomic E-state index is 2.40. The molecule has 19 heavy (non-hydrogen) atoms. The fourth-order valence-corrected chi connectivity index (χ4v) is 2.77. The molecular weight excluding hydrogens is 228 g/mol. The summed E-state index contributed by atoms with van der Waals surface area (Å²) in [6.07, 6.45) is 6.04. The van der Waals surface area contributed by atoms with Crippen molar-refractivity contribution in [3.05, 3.63) is 52.1 Å². The van der Waals surface area contributed by atoms with E-state index < -0.39 is 0 Å². The SMILES string of the molecule is CC.CC.CC1=CC2=C(CC1)c1ccc(C)cc1C2. The molecule has 0 N–H and O–H groups in total. The molecule has 0 spiro atoms. The van der Waals surface area contributed by atoms with E-state index in [0.717, 1.165) is 6.42 Å². The number of hydrogen-bond donors (Lipinski definition) is 0. The Balaban J connectivity index is 0.000000415. The lowest BCUT2D eigenvalue weighted by Crippen LogP contribution is -1.92. The van der Waals surface area contributed by atoms with Crippen LogP contribution in [-0.4, -0.2) is 0 Å². The molecule has 1 aromatic rings. The largest absolute Gasteiger partial charge is 0.0727 e. The standard InChI is InChI=1S/C15H16.2C2H6/c1-10-3-5-14-12(7-10)9-13-8-11(2)4-6-15(13)14;2*1-2/h3,5,7-8H,4,6,9H2,1-2H3;2*1-2H3. The topological polar surface area (TPSA) is 0 Å². The molecule has 0 bridgehead atoms. The highest BCUT2D eigenvalue weighted by molar-refractivity contribution is 5.80. The normalized spacial score (nSPS) is 15.4. The van der Waals surface area contributed by atoms with E-state index >= 15 is 0 Å². The van der Waals surface area contributed by atoms with Crippen molar-refractivity contribution in [2.24, 2.45) is 0 Å². The first-order valence-corrected chi connectivity index (χ1v) is 7.73. The van der Waals surface area contributed by atoms with Crippen molar-refractivity contribution >= 4 is 5.57 Å². The summed E-state index contributed by atoms with van der Waals surface area (Å²) >= 11 is 0. The van der Waals surface area contributed by atoms with E-state index in [0.29, 0.717) is 0 Å². The van der Waals surface area contributed by atoms with Gasteiger partial charge in [0.05, 0.1) is 0 Å². The van der Waals surface area contributed by atoms with Gasteiger partial charge in [0.2, 0.25) is 0 Å². The number of benzene rings is 1. The van der Waals surface area contributed by atoms with E-state index in [1.165, 1.54) is 29.5 Å². The van der Waals surface area contributed by atoms with Crippen LogP contribution in [0.3, 0.4) is 0 Å². The minimum atomic E-state index is 1.16. The van der Waals surface area contributed by atoms with Gasteiger partial charge in [0, 0.05) is 0 Å². The Morgan fingerprint density at radius 1 is 0.895 bits per heavy atom. The maximum Gasteiger partial charge on any atom is -0.00167 e. The third-order valence-electron chi connectivity index (χ3n) is 3.54. The zero-order valence-electron chi connectivity index (χ0n) is 13.4. The predicted octanol–water partition coefficient (Wildman–Crippen LogP) is 6.10. The number of aryl methyl sites for hydroxylation is 1. The predicted molar refractivity (Wildman–Crippen MR) is 87.5 cm³/mol. The average molecular weight is 256 g/mol. The van der Waals surface area contributed by atoms with E-state index in [2.05, 4.69) is 38.1 Å². The van der Waals surface area contributed by atoms with Crippen molar-refractivity contribution in [1.82, 2.24) is 0 Å². The van der Waals surface area contributed by atoms with Gasteiger partial charge in [-0.1, -0.05) is 63.1 Å². The van der Waals surface area contributed by atoms with Gasteiger partial charge in [0.15, 0.2) is 0 Å². The molecule has 104 valence electrons. The minimum Gasteiger partial charge on any atom is -0.0727 e. The summed E-state index contributed by atoms with van der Waals surface area (Å²) in [6, 6.07) is 6.89. The molecule has 0 aliphatic heterocycles. The second-order valence-corrected chi connectivity index (χ2v) is 4.83. The summed E-state index contributed by atoms with van der Waals surface area (Å²) in [7, 11) is 0. The lowest BCUT2D eigenvalue weighted by molar-refractivity contribution is 0.965. The Labute approximate surface area is 119 Å². The molecule has 0 fully saturated rings. The third-order valence-corrected chi connectivity index (χ3v) is 3.54. The summed E-state index contributed by atoms with van der Waals surface area (Å²) in [4.78, 5) is 0. The summed E-state index contributed by atoms with van der Waals surface area (Å²) in [5, 5.41) is 0. The summed E-state index contributed by atoms with van der Waals surface area (Å²) in [5.74, 6) is 0.